The van der Waals surface area contributed by atoms with Gasteiger partial charge in [-0.1, -0.05) is 13.8 Å². The number of carbonyl (C=O) groups excluding carboxylic acids is 1. The number of aliphatic carboxylic acids is 1. The molecule has 0 heterocycles. The zero-order valence-electron chi connectivity index (χ0n) is 10.1. The molecule has 0 rings (SSSR count). The zero-order chi connectivity index (χ0) is 13.1. The number of hydrogen-bond acceptors (Lipinski definition) is 5. The van der Waals surface area contributed by atoms with Gasteiger partial charge in [0.1, 0.15) is 17.7 Å². The first-order valence-corrected chi connectivity index (χ1v) is 5.06. The first-order chi connectivity index (χ1) is 7.09. The average molecular weight is 232 g/mol. The van der Waals surface area contributed by atoms with Crippen LogP contribution in [0.15, 0.2) is 0 Å². The first kappa shape index (κ1) is 14.9. The lowest BCUT2D eigenvalue weighted by Gasteiger charge is -2.30. The lowest BCUT2D eigenvalue weighted by Crippen LogP contribution is -2.53. The van der Waals surface area contributed by atoms with Crippen LogP contribution in [-0.2, 0) is 14.3 Å². The van der Waals surface area contributed by atoms with E-state index in [1.165, 1.54) is 13.8 Å². The standard InChI is InChI=1S/C10H20N2O4/c1-5(2)6(11)9(15)16-10(3,4)7(12)8(13)14/h5-7H,11-12H2,1-4H3,(H,13,14)/t6-,7?/m0/s1. The van der Waals surface area contributed by atoms with Gasteiger partial charge in [-0.25, -0.2) is 0 Å². The highest BCUT2D eigenvalue weighted by molar-refractivity contribution is 5.79. The van der Waals surface area contributed by atoms with Gasteiger partial charge in [0, 0.05) is 0 Å². The summed E-state index contributed by atoms with van der Waals surface area (Å²) in [7, 11) is 0. The van der Waals surface area contributed by atoms with Gasteiger partial charge in [0.25, 0.3) is 0 Å². The average Bonchev–Trinajstić information content (AvgIpc) is 2.14. The summed E-state index contributed by atoms with van der Waals surface area (Å²) in [6.45, 7) is 6.43. The molecule has 0 fully saturated rings. The minimum Gasteiger partial charge on any atom is -0.480 e. The maximum absolute atomic E-state index is 11.5. The Bertz CT molecular complexity index is 276. The van der Waals surface area contributed by atoms with E-state index in [0.717, 1.165) is 0 Å². The predicted octanol–water partition coefficient (Wildman–Crippen LogP) is -0.297. The van der Waals surface area contributed by atoms with Crippen LogP contribution < -0.4 is 11.5 Å². The summed E-state index contributed by atoms with van der Waals surface area (Å²) in [4.78, 5) is 22.2. The largest absolute Gasteiger partial charge is 0.480 e. The van der Waals surface area contributed by atoms with Crippen LogP contribution in [0.1, 0.15) is 27.7 Å². The SMILES string of the molecule is CC(C)[C@H](N)C(=O)OC(C)(C)C(N)C(=O)O. The van der Waals surface area contributed by atoms with E-state index in [-0.39, 0.29) is 5.92 Å². The number of carboxylic acid groups (broad SMARTS) is 1. The summed E-state index contributed by atoms with van der Waals surface area (Å²) < 4.78 is 5.01. The third-order valence-electron chi connectivity index (χ3n) is 2.37. The summed E-state index contributed by atoms with van der Waals surface area (Å²) in [5.41, 5.74) is 9.70. The molecule has 0 aromatic heterocycles. The molecule has 2 atom stereocenters. The molecule has 5 N–H and O–H groups in total. The highest BCUT2D eigenvalue weighted by atomic mass is 16.6. The van der Waals surface area contributed by atoms with Gasteiger partial charge < -0.3 is 21.3 Å². The zero-order valence-corrected chi connectivity index (χ0v) is 10.1. The summed E-state index contributed by atoms with van der Waals surface area (Å²) >= 11 is 0. The highest BCUT2D eigenvalue weighted by Gasteiger charge is 2.37. The fraction of sp³-hybridized carbons (Fsp3) is 0.800. The maximum atomic E-state index is 11.5. The molecular weight excluding hydrogens is 212 g/mol. The molecule has 16 heavy (non-hydrogen) atoms. The molecule has 6 heteroatoms. The van der Waals surface area contributed by atoms with Crippen LogP contribution in [0, 0.1) is 5.92 Å². The molecule has 0 aliphatic heterocycles. The maximum Gasteiger partial charge on any atom is 0.324 e. The second-order valence-corrected chi connectivity index (χ2v) is 4.61. The second kappa shape index (κ2) is 5.27. The Morgan fingerprint density at radius 3 is 2.00 bits per heavy atom. The molecular formula is C10H20N2O4. The minimum absolute atomic E-state index is 0.0793. The van der Waals surface area contributed by atoms with Crippen LogP contribution in [-0.4, -0.2) is 34.7 Å². The fourth-order valence-corrected chi connectivity index (χ4v) is 0.960. The van der Waals surface area contributed by atoms with Gasteiger partial charge in [0.15, 0.2) is 0 Å². The Kier molecular flexibility index (Phi) is 4.89. The van der Waals surface area contributed by atoms with Crippen molar-refractivity contribution in [3.05, 3.63) is 0 Å². The Balaban J connectivity index is 4.59. The molecule has 1 unspecified atom stereocenters. The van der Waals surface area contributed by atoms with Gasteiger partial charge >= 0.3 is 11.9 Å². The van der Waals surface area contributed by atoms with Crippen molar-refractivity contribution in [2.24, 2.45) is 17.4 Å². The van der Waals surface area contributed by atoms with E-state index in [1.54, 1.807) is 13.8 Å². The van der Waals surface area contributed by atoms with Crippen LogP contribution in [0.5, 0.6) is 0 Å². The number of nitrogens with two attached hydrogens (primary N) is 2. The van der Waals surface area contributed by atoms with Crippen LogP contribution in [0.4, 0.5) is 0 Å². The summed E-state index contributed by atoms with van der Waals surface area (Å²) in [6, 6.07) is -2.06. The Morgan fingerprint density at radius 2 is 1.69 bits per heavy atom. The second-order valence-electron chi connectivity index (χ2n) is 4.61. The molecule has 0 saturated heterocycles. The smallest absolute Gasteiger partial charge is 0.324 e. The van der Waals surface area contributed by atoms with Crippen molar-refractivity contribution in [3.63, 3.8) is 0 Å². The number of ether oxygens (including phenoxy) is 1. The van der Waals surface area contributed by atoms with E-state index in [0.29, 0.717) is 0 Å². The fourth-order valence-electron chi connectivity index (χ4n) is 0.960. The Hall–Kier alpha value is -1.14. The monoisotopic (exact) mass is 232 g/mol. The third kappa shape index (κ3) is 3.79. The molecule has 0 bridgehead atoms. The molecule has 0 aliphatic carbocycles. The number of carbonyl (C=O) groups is 2. The molecule has 94 valence electrons. The Labute approximate surface area is 94.9 Å². The molecule has 0 spiro atoms. The lowest BCUT2D eigenvalue weighted by molar-refractivity contribution is -0.165. The molecule has 0 amide bonds. The molecule has 0 saturated carbocycles. The number of hydrogen-bond donors (Lipinski definition) is 3. The van der Waals surface area contributed by atoms with Crippen molar-refractivity contribution >= 4 is 11.9 Å². The normalized spacial score (nSPS) is 15.7. The molecule has 0 aliphatic rings. The molecule has 6 nitrogen and oxygen atoms in total. The van der Waals surface area contributed by atoms with Crippen LogP contribution in [0.25, 0.3) is 0 Å². The number of carboxylic acids is 1. The van der Waals surface area contributed by atoms with E-state index in [4.69, 9.17) is 21.3 Å². The minimum atomic E-state index is -1.28. The molecule has 0 radical (unpaired) electrons. The number of rotatable bonds is 5. The topological polar surface area (TPSA) is 116 Å². The van der Waals surface area contributed by atoms with Crippen LogP contribution in [0.2, 0.25) is 0 Å². The van der Waals surface area contributed by atoms with E-state index in [2.05, 4.69) is 0 Å². The Morgan fingerprint density at radius 1 is 1.25 bits per heavy atom. The van der Waals surface area contributed by atoms with Gasteiger partial charge in [0.2, 0.25) is 0 Å². The van der Waals surface area contributed by atoms with E-state index in [9.17, 15) is 9.59 Å². The summed E-state index contributed by atoms with van der Waals surface area (Å²) in [6.07, 6.45) is 0. The van der Waals surface area contributed by atoms with Gasteiger partial charge in [0.05, 0.1) is 0 Å². The van der Waals surface area contributed by atoms with Crippen LogP contribution >= 0.6 is 0 Å². The number of esters is 1. The molecule has 0 aromatic rings. The lowest BCUT2D eigenvalue weighted by atomic mass is 9.99. The van der Waals surface area contributed by atoms with Crippen molar-refractivity contribution in [2.45, 2.75) is 45.4 Å². The predicted molar refractivity (Wildman–Crippen MR) is 58.6 cm³/mol. The van der Waals surface area contributed by atoms with Gasteiger partial charge in [-0.15, -0.1) is 0 Å². The van der Waals surface area contributed by atoms with Crippen molar-refractivity contribution in [2.75, 3.05) is 0 Å². The first-order valence-electron chi connectivity index (χ1n) is 5.06. The van der Waals surface area contributed by atoms with E-state index in [1.807, 2.05) is 0 Å². The van der Waals surface area contributed by atoms with Crippen molar-refractivity contribution in [1.29, 1.82) is 0 Å². The quantitative estimate of drug-likeness (QED) is 0.561. The summed E-state index contributed by atoms with van der Waals surface area (Å²) in [5, 5.41) is 8.73. The van der Waals surface area contributed by atoms with Crippen molar-refractivity contribution < 1.29 is 19.4 Å². The van der Waals surface area contributed by atoms with Crippen molar-refractivity contribution in [1.82, 2.24) is 0 Å². The van der Waals surface area contributed by atoms with Gasteiger partial charge in [-0.05, 0) is 19.8 Å². The highest BCUT2D eigenvalue weighted by Crippen LogP contribution is 2.16. The van der Waals surface area contributed by atoms with E-state index >= 15 is 0 Å². The molecule has 0 aromatic carbocycles. The van der Waals surface area contributed by atoms with Crippen molar-refractivity contribution in [3.8, 4) is 0 Å². The van der Waals surface area contributed by atoms with E-state index < -0.39 is 29.6 Å². The summed E-state index contributed by atoms with van der Waals surface area (Å²) in [5.74, 6) is -1.95. The van der Waals surface area contributed by atoms with Crippen LogP contribution in [0.3, 0.4) is 0 Å². The van der Waals surface area contributed by atoms with Gasteiger partial charge in [-0.2, -0.15) is 0 Å². The third-order valence-corrected chi connectivity index (χ3v) is 2.37. The van der Waals surface area contributed by atoms with Gasteiger partial charge in [-0.3, -0.25) is 9.59 Å².